The Labute approximate surface area is 228 Å². The van der Waals surface area contributed by atoms with E-state index in [0.717, 1.165) is 0 Å². The standard InChI is InChI=1S/C26H20BrFN4O7/c1-2-37-22-11-16(20(27)12-23(22)38-14-25(33)30-18-5-3-17(28)4-6-18)13-29-31-26(34)24-10-15-9-19(32(35)36)7-8-21(15)39-24/h3-13H,2,14H2,1H3,(H,30,33)(H,31,34)/b29-13-. The molecule has 11 nitrogen and oxygen atoms in total. The number of fused-ring (bicyclic) bond motifs is 1. The maximum atomic E-state index is 13.0. The number of ether oxygens (including phenoxy) is 2. The summed E-state index contributed by atoms with van der Waals surface area (Å²) in [7, 11) is 0. The quantitative estimate of drug-likeness (QED) is 0.141. The first-order chi connectivity index (χ1) is 18.7. The highest BCUT2D eigenvalue weighted by Crippen LogP contribution is 2.33. The topological polar surface area (TPSA) is 145 Å². The monoisotopic (exact) mass is 598 g/mol. The molecule has 39 heavy (non-hydrogen) atoms. The van der Waals surface area contributed by atoms with Gasteiger partial charge in [-0.1, -0.05) is 0 Å². The third-order valence-corrected chi connectivity index (χ3v) is 5.84. The Balaban J connectivity index is 1.41. The summed E-state index contributed by atoms with van der Waals surface area (Å²) in [6.45, 7) is 1.77. The van der Waals surface area contributed by atoms with Crippen LogP contribution in [0.1, 0.15) is 23.0 Å². The number of amides is 2. The number of nitro groups is 1. The highest BCUT2D eigenvalue weighted by Gasteiger charge is 2.16. The molecule has 0 saturated heterocycles. The first-order valence-corrected chi connectivity index (χ1v) is 12.2. The summed E-state index contributed by atoms with van der Waals surface area (Å²) >= 11 is 3.40. The Morgan fingerprint density at radius 3 is 2.56 bits per heavy atom. The summed E-state index contributed by atoms with van der Waals surface area (Å²) in [6, 6.07) is 13.9. The Kier molecular flexibility index (Phi) is 8.51. The molecule has 1 aromatic heterocycles. The Morgan fingerprint density at radius 1 is 1.10 bits per heavy atom. The van der Waals surface area contributed by atoms with Crippen LogP contribution in [-0.4, -0.2) is 36.2 Å². The smallest absolute Gasteiger partial charge is 0.307 e. The number of benzene rings is 3. The van der Waals surface area contributed by atoms with Crippen LogP contribution < -0.4 is 20.2 Å². The van der Waals surface area contributed by atoms with Crippen LogP contribution in [0.4, 0.5) is 15.8 Å². The molecule has 4 aromatic rings. The summed E-state index contributed by atoms with van der Waals surface area (Å²) in [6.07, 6.45) is 1.36. The van der Waals surface area contributed by atoms with Crippen molar-refractivity contribution in [2.24, 2.45) is 5.10 Å². The van der Waals surface area contributed by atoms with Crippen molar-refractivity contribution in [2.45, 2.75) is 6.92 Å². The van der Waals surface area contributed by atoms with E-state index in [1.54, 1.807) is 19.1 Å². The van der Waals surface area contributed by atoms with Gasteiger partial charge in [0.15, 0.2) is 23.9 Å². The number of carbonyl (C=O) groups is 2. The number of carbonyl (C=O) groups excluding carboxylic acids is 2. The van der Waals surface area contributed by atoms with Gasteiger partial charge in [-0.15, -0.1) is 0 Å². The number of anilines is 1. The average Bonchev–Trinajstić information content (AvgIpc) is 3.34. The molecule has 0 aliphatic heterocycles. The molecule has 0 aliphatic carbocycles. The fourth-order valence-electron chi connectivity index (χ4n) is 3.38. The second-order valence-electron chi connectivity index (χ2n) is 7.89. The summed E-state index contributed by atoms with van der Waals surface area (Å²) in [5.41, 5.74) is 3.49. The van der Waals surface area contributed by atoms with Crippen molar-refractivity contribution in [1.82, 2.24) is 5.43 Å². The molecule has 3 aromatic carbocycles. The number of furan rings is 1. The van der Waals surface area contributed by atoms with E-state index in [9.17, 15) is 24.1 Å². The van der Waals surface area contributed by atoms with Crippen molar-refractivity contribution in [3.8, 4) is 11.5 Å². The van der Waals surface area contributed by atoms with Crippen LogP contribution in [0.25, 0.3) is 11.0 Å². The molecule has 0 atom stereocenters. The lowest BCUT2D eigenvalue weighted by Crippen LogP contribution is -2.20. The third kappa shape index (κ3) is 6.96. The van der Waals surface area contributed by atoms with Gasteiger partial charge >= 0.3 is 5.91 Å². The molecule has 1 heterocycles. The zero-order valence-electron chi connectivity index (χ0n) is 20.3. The fourth-order valence-corrected chi connectivity index (χ4v) is 3.80. The Bertz CT molecular complexity index is 1570. The summed E-state index contributed by atoms with van der Waals surface area (Å²) in [5.74, 6) is -0.967. The molecule has 2 amide bonds. The predicted molar refractivity (Wildman–Crippen MR) is 144 cm³/mol. The number of nitro benzene ring substituents is 1. The minimum absolute atomic E-state index is 0.0700. The van der Waals surface area contributed by atoms with Gasteiger partial charge in [-0.05, 0) is 71.4 Å². The van der Waals surface area contributed by atoms with E-state index >= 15 is 0 Å². The maximum absolute atomic E-state index is 13.0. The van der Waals surface area contributed by atoms with Crippen LogP contribution in [0.2, 0.25) is 0 Å². The summed E-state index contributed by atoms with van der Waals surface area (Å²) in [5, 5.41) is 17.9. The minimum Gasteiger partial charge on any atom is -0.490 e. The maximum Gasteiger partial charge on any atom is 0.307 e. The molecule has 0 unspecified atom stereocenters. The van der Waals surface area contributed by atoms with Crippen LogP contribution in [0, 0.1) is 15.9 Å². The molecular formula is C26H20BrFN4O7. The second kappa shape index (κ2) is 12.2. The summed E-state index contributed by atoms with van der Waals surface area (Å²) < 4.78 is 30.3. The van der Waals surface area contributed by atoms with Crippen molar-refractivity contribution in [3.05, 3.63) is 92.4 Å². The van der Waals surface area contributed by atoms with Crippen LogP contribution in [0.15, 0.2) is 74.7 Å². The number of nitrogens with zero attached hydrogens (tertiary/aromatic N) is 2. The zero-order valence-corrected chi connectivity index (χ0v) is 21.9. The SMILES string of the molecule is CCOc1cc(/C=N\NC(=O)c2cc3cc([N+](=O)[O-])ccc3o2)c(Br)cc1OCC(=O)Nc1ccc(F)cc1. The van der Waals surface area contributed by atoms with Crippen LogP contribution in [0.5, 0.6) is 11.5 Å². The number of nitrogens with one attached hydrogen (secondary N) is 2. The molecule has 0 fully saturated rings. The predicted octanol–water partition coefficient (Wildman–Crippen LogP) is 5.42. The van der Waals surface area contributed by atoms with Crippen molar-refractivity contribution in [1.29, 1.82) is 0 Å². The molecule has 0 spiro atoms. The van der Waals surface area contributed by atoms with Crippen LogP contribution in [0.3, 0.4) is 0 Å². The normalized spacial score (nSPS) is 10.9. The molecule has 0 radical (unpaired) electrons. The van der Waals surface area contributed by atoms with E-state index in [4.69, 9.17) is 13.9 Å². The van der Waals surface area contributed by atoms with Gasteiger partial charge in [0, 0.05) is 33.2 Å². The van der Waals surface area contributed by atoms with Crippen molar-refractivity contribution in [2.75, 3.05) is 18.5 Å². The first kappa shape index (κ1) is 27.3. The number of hydrogen-bond acceptors (Lipinski definition) is 8. The van der Waals surface area contributed by atoms with E-state index in [0.29, 0.717) is 39.0 Å². The molecule has 200 valence electrons. The van der Waals surface area contributed by atoms with Crippen molar-refractivity contribution in [3.63, 3.8) is 0 Å². The molecule has 0 saturated carbocycles. The largest absolute Gasteiger partial charge is 0.490 e. The van der Waals surface area contributed by atoms with Gasteiger partial charge in [0.2, 0.25) is 0 Å². The van der Waals surface area contributed by atoms with Crippen LogP contribution in [-0.2, 0) is 4.79 Å². The van der Waals surface area contributed by atoms with Gasteiger partial charge in [0.25, 0.3) is 11.6 Å². The van der Waals surface area contributed by atoms with Gasteiger partial charge in [0.1, 0.15) is 11.4 Å². The molecular weight excluding hydrogens is 579 g/mol. The minimum atomic E-state index is -0.654. The van der Waals surface area contributed by atoms with E-state index in [1.807, 2.05) is 0 Å². The van der Waals surface area contributed by atoms with Crippen molar-refractivity contribution >= 4 is 56.3 Å². The number of hydrogen-bond donors (Lipinski definition) is 2. The first-order valence-electron chi connectivity index (χ1n) is 11.4. The Hall–Kier alpha value is -4.78. The lowest BCUT2D eigenvalue weighted by atomic mass is 10.2. The van der Waals surface area contributed by atoms with Crippen LogP contribution >= 0.6 is 15.9 Å². The van der Waals surface area contributed by atoms with Gasteiger partial charge < -0.3 is 19.2 Å². The fraction of sp³-hybridized carbons (Fsp3) is 0.115. The highest BCUT2D eigenvalue weighted by molar-refractivity contribution is 9.10. The van der Waals surface area contributed by atoms with E-state index in [2.05, 4.69) is 31.8 Å². The molecule has 13 heteroatoms. The third-order valence-electron chi connectivity index (χ3n) is 5.15. The van der Waals surface area contributed by atoms with Gasteiger partial charge in [-0.2, -0.15) is 5.10 Å². The number of non-ortho nitro benzene ring substituents is 1. The molecule has 0 bridgehead atoms. The lowest BCUT2D eigenvalue weighted by molar-refractivity contribution is -0.384. The highest BCUT2D eigenvalue weighted by atomic mass is 79.9. The zero-order chi connectivity index (χ0) is 27.9. The summed E-state index contributed by atoms with van der Waals surface area (Å²) in [4.78, 5) is 35.1. The lowest BCUT2D eigenvalue weighted by Gasteiger charge is -2.14. The van der Waals surface area contributed by atoms with E-state index < -0.39 is 22.6 Å². The van der Waals surface area contributed by atoms with Gasteiger partial charge in [-0.25, -0.2) is 9.82 Å². The molecule has 4 rings (SSSR count). The molecule has 0 aliphatic rings. The van der Waals surface area contributed by atoms with E-state index in [-0.39, 0.29) is 23.8 Å². The number of halogens is 2. The Morgan fingerprint density at radius 2 is 1.85 bits per heavy atom. The number of rotatable bonds is 10. The van der Waals surface area contributed by atoms with E-state index in [1.165, 1.54) is 54.7 Å². The number of hydrazone groups is 1. The van der Waals surface area contributed by atoms with Gasteiger partial charge in [0.05, 0.1) is 17.7 Å². The van der Waals surface area contributed by atoms with Gasteiger partial charge in [-0.3, -0.25) is 19.7 Å². The average molecular weight is 599 g/mol. The molecule has 2 N–H and O–H groups in total. The van der Waals surface area contributed by atoms with Crippen molar-refractivity contribution < 1.29 is 32.8 Å². The second-order valence-corrected chi connectivity index (χ2v) is 8.74.